The average Bonchev–Trinajstić information content (AvgIpc) is 2.92. The second-order valence-electron chi connectivity index (χ2n) is 7.18. The van der Waals surface area contributed by atoms with Crippen molar-refractivity contribution in [3.63, 3.8) is 0 Å². The van der Waals surface area contributed by atoms with Gasteiger partial charge in [0.05, 0.1) is 7.11 Å². The first-order valence-corrected chi connectivity index (χ1v) is 9.75. The molecule has 158 valence electrons. The molecule has 1 aliphatic rings. The van der Waals surface area contributed by atoms with Gasteiger partial charge in [0.25, 0.3) is 11.8 Å². The van der Waals surface area contributed by atoms with Crippen LogP contribution in [0.15, 0.2) is 66.7 Å². The van der Waals surface area contributed by atoms with Gasteiger partial charge in [-0.2, -0.15) is 0 Å². The van der Waals surface area contributed by atoms with E-state index >= 15 is 0 Å². The van der Waals surface area contributed by atoms with Crippen LogP contribution in [0, 0.1) is 5.82 Å². The molecule has 3 aromatic rings. The number of methoxy groups -OCH3 is 1. The fraction of sp³-hybridized carbons (Fsp3) is 0.167. The van der Waals surface area contributed by atoms with Crippen molar-refractivity contribution in [3.8, 4) is 11.5 Å². The van der Waals surface area contributed by atoms with E-state index in [4.69, 9.17) is 9.47 Å². The van der Waals surface area contributed by atoms with E-state index in [0.29, 0.717) is 24.5 Å². The minimum Gasteiger partial charge on any atom is -0.497 e. The predicted molar refractivity (Wildman–Crippen MR) is 114 cm³/mol. The van der Waals surface area contributed by atoms with E-state index in [1.54, 1.807) is 36.3 Å². The van der Waals surface area contributed by atoms with Crippen LogP contribution in [0.4, 0.5) is 10.1 Å². The largest absolute Gasteiger partial charge is 0.497 e. The Morgan fingerprint density at radius 2 is 1.97 bits per heavy atom. The van der Waals surface area contributed by atoms with Gasteiger partial charge in [0, 0.05) is 29.9 Å². The van der Waals surface area contributed by atoms with Crippen LogP contribution >= 0.6 is 0 Å². The van der Waals surface area contributed by atoms with E-state index in [9.17, 15) is 14.0 Å². The second-order valence-corrected chi connectivity index (χ2v) is 7.18. The highest BCUT2D eigenvalue weighted by molar-refractivity contribution is 6.04. The number of hydrogen-bond donors (Lipinski definition) is 1. The van der Waals surface area contributed by atoms with E-state index < -0.39 is 11.7 Å². The zero-order chi connectivity index (χ0) is 21.8. The molecule has 0 spiro atoms. The number of benzene rings is 3. The lowest BCUT2D eigenvalue weighted by molar-refractivity contribution is -0.133. The third-order valence-corrected chi connectivity index (χ3v) is 4.98. The Morgan fingerprint density at radius 3 is 2.77 bits per heavy atom. The summed E-state index contributed by atoms with van der Waals surface area (Å²) in [5.74, 6) is 0.279. The molecule has 6 nitrogen and oxygen atoms in total. The first-order chi connectivity index (χ1) is 15.0. The maximum absolute atomic E-state index is 13.4. The molecule has 0 radical (unpaired) electrons. The van der Waals surface area contributed by atoms with Crippen LogP contribution < -0.4 is 14.8 Å². The normalized spacial score (nSPS) is 13.1. The first-order valence-electron chi connectivity index (χ1n) is 9.75. The van der Waals surface area contributed by atoms with E-state index in [0.717, 1.165) is 16.9 Å². The summed E-state index contributed by atoms with van der Waals surface area (Å²) in [5.41, 5.74) is 2.46. The number of nitrogens with one attached hydrogen (secondary N) is 1. The molecular formula is C24H21FN2O4. The van der Waals surface area contributed by atoms with Crippen molar-refractivity contribution in [2.45, 2.75) is 13.1 Å². The Labute approximate surface area is 179 Å². The lowest BCUT2D eigenvalue weighted by Crippen LogP contribution is -2.31. The third-order valence-electron chi connectivity index (χ3n) is 4.98. The Hall–Kier alpha value is -3.87. The van der Waals surface area contributed by atoms with Crippen LogP contribution in [0.5, 0.6) is 11.5 Å². The maximum atomic E-state index is 13.4. The standard InChI is InChI=1S/C24H21FN2O4/c1-30-21-7-2-4-16(10-21)13-27-14-18-12-20(8-9-22(18)31-15-23(27)28)26-24(29)17-5-3-6-19(25)11-17/h2-12H,13-15H2,1H3,(H,26,29). The van der Waals surface area contributed by atoms with Crippen LogP contribution in [0.2, 0.25) is 0 Å². The summed E-state index contributed by atoms with van der Waals surface area (Å²) in [7, 11) is 1.60. The summed E-state index contributed by atoms with van der Waals surface area (Å²) in [5, 5.41) is 2.77. The Morgan fingerprint density at radius 1 is 1.13 bits per heavy atom. The highest BCUT2D eigenvalue weighted by atomic mass is 19.1. The molecule has 0 saturated carbocycles. The first kappa shape index (κ1) is 20.4. The van der Waals surface area contributed by atoms with Crippen molar-refractivity contribution in [2.24, 2.45) is 0 Å². The van der Waals surface area contributed by atoms with Crippen molar-refractivity contribution in [3.05, 3.63) is 89.2 Å². The number of carbonyl (C=O) groups excluding carboxylic acids is 2. The molecular weight excluding hydrogens is 399 g/mol. The molecule has 0 atom stereocenters. The zero-order valence-corrected chi connectivity index (χ0v) is 16.9. The van der Waals surface area contributed by atoms with Crippen LogP contribution in [0.1, 0.15) is 21.5 Å². The number of amides is 2. The van der Waals surface area contributed by atoms with Gasteiger partial charge in [0.2, 0.25) is 0 Å². The summed E-state index contributed by atoms with van der Waals surface area (Å²) in [6.45, 7) is 0.666. The Balaban J connectivity index is 1.53. The predicted octanol–water partition coefficient (Wildman–Crippen LogP) is 4.01. The number of ether oxygens (including phenoxy) is 2. The molecule has 2 amide bonds. The number of nitrogens with zero attached hydrogens (tertiary/aromatic N) is 1. The number of carbonyl (C=O) groups is 2. The smallest absolute Gasteiger partial charge is 0.261 e. The van der Waals surface area contributed by atoms with Crippen LogP contribution in [-0.4, -0.2) is 30.4 Å². The number of halogens is 1. The summed E-state index contributed by atoms with van der Waals surface area (Å²) in [6, 6.07) is 18.2. The lowest BCUT2D eigenvalue weighted by Gasteiger charge is -2.20. The quantitative estimate of drug-likeness (QED) is 0.677. The van der Waals surface area contributed by atoms with Crippen molar-refractivity contribution >= 4 is 17.5 Å². The van der Waals surface area contributed by atoms with Gasteiger partial charge in [-0.05, 0) is 54.1 Å². The number of rotatable bonds is 5. The highest BCUT2D eigenvalue weighted by Crippen LogP contribution is 2.28. The molecule has 7 heteroatoms. The molecule has 0 bridgehead atoms. The van der Waals surface area contributed by atoms with Gasteiger partial charge in [-0.15, -0.1) is 0 Å². The fourth-order valence-electron chi connectivity index (χ4n) is 3.41. The maximum Gasteiger partial charge on any atom is 0.261 e. The molecule has 1 N–H and O–H groups in total. The van der Waals surface area contributed by atoms with Gasteiger partial charge in [0.15, 0.2) is 6.61 Å². The minimum atomic E-state index is -0.477. The molecule has 31 heavy (non-hydrogen) atoms. The zero-order valence-electron chi connectivity index (χ0n) is 16.9. The van der Waals surface area contributed by atoms with Crippen LogP contribution in [0.3, 0.4) is 0 Å². The van der Waals surface area contributed by atoms with Gasteiger partial charge in [-0.1, -0.05) is 18.2 Å². The summed E-state index contributed by atoms with van der Waals surface area (Å²) in [4.78, 5) is 26.7. The molecule has 0 fully saturated rings. The monoisotopic (exact) mass is 420 g/mol. The topological polar surface area (TPSA) is 67.9 Å². The van der Waals surface area contributed by atoms with Crippen LogP contribution in [0.25, 0.3) is 0 Å². The minimum absolute atomic E-state index is 0.0635. The number of fused-ring (bicyclic) bond motifs is 1. The van der Waals surface area contributed by atoms with Gasteiger partial charge in [-0.3, -0.25) is 9.59 Å². The summed E-state index contributed by atoms with van der Waals surface area (Å²) in [6.07, 6.45) is 0. The van der Waals surface area contributed by atoms with E-state index in [1.165, 1.54) is 18.2 Å². The molecule has 1 heterocycles. The Bertz CT molecular complexity index is 1130. The molecule has 1 aliphatic heterocycles. The van der Waals surface area contributed by atoms with Gasteiger partial charge in [0.1, 0.15) is 17.3 Å². The van der Waals surface area contributed by atoms with Crippen molar-refractivity contribution in [1.29, 1.82) is 0 Å². The highest BCUT2D eigenvalue weighted by Gasteiger charge is 2.22. The Kier molecular flexibility index (Phi) is 5.84. The molecule has 0 aliphatic carbocycles. The summed E-state index contributed by atoms with van der Waals surface area (Å²) >= 11 is 0. The molecule has 0 saturated heterocycles. The van der Waals surface area contributed by atoms with Gasteiger partial charge in [-0.25, -0.2) is 4.39 Å². The van der Waals surface area contributed by atoms with Gasteiger partial charge >= 0.3 is 0 Å². The SMILES string of the molecule is COc1cccc(CN2Cc3cc(NC(=O)c4cccc(F)c4)ccc3OCC2=O)c1. The lowest BCUT2D eigenvalue weighted by atomic mass is 10.1. The third kappa shape index (κ3) is 4.83. The molecule has 3 aromatic carbocycles. The summed E-state index contributed by atoms with van der Waals surface area (Å²) < 4.78 is 24.3. The molecule has 0 aromatic heterocycles. The van der Waals surface area contributed by atoms with Crippen molar-refractivity contribution in [1.82, 2.24) is 4.90 Å². The van der Waals surface area contributed by atoms with E-state index in [-0.39, 0.29) is 18.1 Å². The van der Waals surface area contributed by atoms with Crippen molar-refractivity contribution in [2.75, 3.05) is 19.0 Å². The van der Waals surface area contributed by atoms with E-state index in [2.05, 4.69) is 5.32 Å². The number of anilines is 1. The fourth-order valence-corrected chi connectivity index (χ4v) is 3.41. The molecule has 4 rings (SSSR count). The van der Waals surface area contributed by atoms with Gasteiger partial charge < -0.3 is 19.7 Å². The van der Waals surface area contributed by atoms with Crippen molar-refractivity contribution < 1.29 is 23.5 Å². The molecule has 0 unspecified atom stereocenters. The average molecular weight is 420 g/mol. The second kappa shape index (κ2) is 8.87. The van der Waals surface area contributed by atoms with Crippen LogP contribution in [-0.2, 0) is 17.9 Å². The number of hydrogen-bond acceptors (Lipinski definition) is 4. The van der Waals surface area contributed by atoms with E-state index in [1.807, 2.05) is 24.3 Å².